The van der Waals surface area contributed by atoms with Gasteiger partial charge in [-0.2, -0.15) is 10.2 Å². The van der Waals surface area contributed by atoms with Gasteiger partial charge in [0.2, 0.25) is 0 Å². The number of hydrogen-bond acceptors (Lipinski definition) is 4. The average molecular weight is 532 g/mol. The lowest BCUT2D eigenvalue weighted by molar-refractivity contribution is 0.600. The van der Waals surface area contributed by atoms with Crippen LogP contribution in [-0.4, -0.2) is 28.0 Å². The molecule has 6 rings (SSSR count). The normalized spacial score (nSPS) is 11.4. The van der Waals surface area contributed by atoms with Crippen LogP contribution in [0.3, 0.4) is 0 Å². The van der Waals surface area contributed by atoms with E-state index in [1.165, 1.54) is 0 Å². The first-order valence-electron chi connectivity index (χ1n) is 12.4. The van der Waals surface area contributed by atoms with Crippen LogP contribution in [0, 0.1) is 6.92 Å². The first kappa shape index (κ1) is 24.4. The molecule has 0 bridgehead atoms. The quantitative estimate of drug-likeness (QED) is 0.255. The van der Waals surface area contributed by atoms with Gasteiger partial charge >= 0.3 is 0 Å². The molecule has 0 amide bonds. The van der Waals surface area contributed by atoms with Crippen molar-refractivity contribution in [2.24, 2.45) is 0 Å². The van der Waals surface area contributed by atoms with E-state index in [0.29, 0.717) is 11.5 Å². The van der Waals surface area contributed by atoms with E-state index in [2.05, 4.69) is 9.82 Å². The van der Waals surface area contributed by atoms with Crippen LogP contribution in [0.25, 0.3) is 33.9 Å². The third-order valence-electron chi connectivity index (χ3n) is 6.31. The van der Waals surface area contributed by atoms with E-state index in [1.54, 1.807) is 35.0 Å². The second-order valence-corrected chi connectivity index (χ2v) is 10.8. The molecule has 192 valence electrons. The predicted octanol–water partition coefficient (Wildman–Crippen LogP) is 6.50. The molecule has 0 atom stereocenters. The fourth-order valence-electron chi connectivity index (χ4n) is 4.44. The van der Waals surface area contributed by atoms with Gasteiger partial charge < -0.3 is 0 Å². The Morgan fingerprint density at radius 1 is 0.615 bits per heavy atom. The monoisotopic (exact) mass is 531 g/mol. The van der Waals surface area contributed by atoms with Crippen molar-refractivity contribution >= 4 is 15.8 Å². The number of hydrogen-bond donors (Lipinski definition) is 1. The van der Waals surface area contributed by atoms with Gasteiger partial charge in [0.15, 0.2) is 0 Å². The summed E-state index contributed by atoms with van der Waals surface area (Å²) in [7, 11) is -3.85. The number of para-hydroxylation sites is 2. The maximum absolute atomic E-state index is 13.3. The lowest BCUT2D eigenvalue weighted by atomic mass is 10.1. The number of aromatic nitrogens is 4. The fourth-order valence-corrected chi connectivity index (χ4v) is 5.48. The van der Waals surface area contributed by atoms with Crippen LogP contribution in [-0.2, 0) is 10.0 Å². The molecule has 0 aliphatic carbocycles. The summed E-state index contributed by atoms with van der Waals surface area (Å²) >= 11 is 0. The zero-order valence-corrected chi connectivity index (χ0v) is 22.0. The molecule has 8 heteroatoms. The molecule has 0 radical (unpaired) electrons. The highest BCUT2D eigenvalue weighted by atomic mass is 32.2. The molecule has 0 unspecified atom stereocenters. The molecule has 7 nitrogen and oxygen atoms in total. The second-order valence-electron chi connectivity index (χ2n) is 9.08. The molecule has 4 aromatic carbocycles. The smallest absolute Gasteiger partial charge is 0.263 e. The van der Waals surface area contributed by atoms with Crippen molar-refractivity contribution in [3.63, 3.8) is 0 Å². The zero-order chi connectivity index (χ0) is 26.8. The first-order chi connectivity index (χ1) is 19.0. The van der Waals surface area contributed by atoms with Crippen LogP contribution in [0.15, 0.2) is 132 Å². The van der Waals surface area contributed by atoms with E-state index < -0.39 is 10.0 Å². The second kappa shape index (κ2) is 10.1. The standard InChI is InChI=1S/C31H25N5O2S/c1-23-21-31(36(32-23)27-15-9-4-10-16-27)34-39(37,38)28-19-17-24(18-20-28)29-22-30(25-11-5-2-6-12-25)35(33-29)26-13-7-3-8-14-26/h2-22,34H,1H3. The highest BCUT2D eigenvalue weighted by Gasteiger charge is 2.19. The molecular weight excluding hydrogens is 506 g/mol. The number of nitrogens with one attached hydrogen (secondary N) is 1. The van der Waals surface area contributed by atoms with Gasteiger partial charge in [-0.3, -0.25) is 4.72 Å². The van der Waals surface area contributed by atoms with Crippen molar-refractivity contribution in [1.29, 1.82) is 0 Å². The van der Waals surface area contributed by atoms with Gasteiger partial charge in [0.1, 0.15) is 5.82 Å². The lowest BCUT2D eigenvalue weighted by Gasteiger charge is -2.11. The Balaban J connectivity index is 1.32. The van der Waals surface area contributed by atoms with Crippen molar-refractivity contribution in [2.75, 3.05) is 4.72 Å². The van der Waals surface area contributed by atoms with Crippen LogP contribution in [0.5, 0.6) is 0 Å². The van der Waals surface area contributed by atoms with Crippen LogP contribution in [0.4, 0.5) is 5.82 Å². The van der Waals surface area contributed by atoms with E-state index in [4.69, 9.17) is 5.10 Å². The summed E-state index contributed by atoms with van der Waals surface area (Å²) in [6.45, 7) is 1.82. The third-order valence-corrected chi connectivity index (χ3v) is 7.68. The minimum Gasteiger partial charge on any atom is -0.263 e. The number of sulfonamides is 1. The van der Waals surface area contributed by atoms with Crippen LogP contribution in [0.1, 0.15) is 5.69 Å². The summed E-state index contributed by atoms with van der Waals surface area (Å²) in [5.41, 5.74) is 5.94. The van der Waals surface area contributed by atoms with Gasteiger partial charge in [-0.25, -0.2) is 17.8 Å². The molecule has 0 aliphatic heterocycles. The van der Waals surface area contributed by atoms with Gasteiger partial charge in [0.05, 0.1) is 33.4 Å². The molecule has 2 aromatic heterocycles. The Kier molecular flexibility index (Phi) is 6.30. The fraction of sp³-hybridized carbons (Fsp3) is 0.0323. The number of rotatable bonds is 7. The molecule has 39 heavy (non-hydrogen) atoms. The van der Waals surface area contributed by atoms with E-state index in [0.717, 1.165) is 33.9 Å². The minimum absolute atomic E-state index is 0.149. The van der Waals surface area contributed by atoms with Gasteiger partial charge in [0, 0.05) is 17.2 Å². The zero-order valence-electron chi connectivity index (χ0n) is 21.1. The maximum atomic E-state index is 13.3. The molecule has 0 saturated carbocycles. The summed E-state index contributed by atoms with van der Waals surface area (Å²) < 4.78 is 32.8. The molecule has 2 heterocycles. The van der Waals surface area contributed by atoms with E-state index in [1.807, 2.05) is 109 Å². The first-order valence-corrected chi connectivity index (χ1v) is 13.9. The lowest BCUT2D eigenvalue weighted by Crippen LogP contribution is -2.15. The Bertz CT molecular complexity index is 1770. The van der Waals surface area contributed by atoms with E-state index >= 15 is 0 Å². The number of nitrogens with zero attached hydrogens (tertiary/aromatic N) is 4. The summed E-state index contributed by atoms with van der Waals surface area (Å²) in [4.78, 5) is 0.149. The minimum atomic E-state index is -3.85. The Labute approximate surface area is 227 Å². The largest absolute Gasteiger partial charge is 0.263 e. The molecule has 0 saturated heterocycles. The van der Waals surface area contributed by atoms with Crippen LogP contribution < -0.4 is 4.72 Å². The number of anilines is 1. The molecule has 0 fully saturated rings. The average Bonchev–Trinajstić information content (AvgIpc) is 3.58. The van der Waals surface area contributed by atoms with Gasteiger partial charge in [-0.05, 0) is 49.4 Å². The van der Waals surface area contributed by atoms with Crippen LogP contribution in [0.2, 0.25) is 0 Å². The molecule has 6 aromatic rings. The van der Waals surface area contributed by atoms with Gasteiger partial charge in [-0.1, -0.05) is 78.9 Å². The van der Waals surface area contributed by atoms with Gasteiger partial charge in [0.25, 0.3) is 10.0 Å². The van der Waals surface area contributed by atoms with Crippen molar-refractivity contribution in [2.45, 2.75) is 11.8 Å². The summed E-state index contributed by atoms with van der Waals surface area (Å²) in [5, 5.41) is 9.33. The molecule has 1 N–H and O–H groups in total. The predicted molar refractivity (Wildman–Crippen MR) is 154 cm³/mol. The number of benzene rings is 4. The molecule has 0 aliphatic rings. The Morgan fingerprint density at radius 2 is 1.18 bits per heavy atom. The molecule has 0 spiro atoms. The summed E-state index contributed by atoms with van der Waals surface area (Å²) in [5.74, 6) is 0.372. The highest BCUT2D eigenvalue weighted by Crippen LogP contribution is 2.30. The number of aryl methyl sites for hydroxylation is 1. The third kappa shape index (κ3) is 4.97. The van der Waals surface area contributed by atoms with Crippen LogP contribution >= 0.6 is 0 Å². The van der Waals surface area contributed by atoms with Crippen molar-refractivity contribution < 1.29 is 8.42 Å². The summed E-state index contributed by atoms with van der Waals surface area (Å²) in [6, 6.07) is 39.9. The highest BCUT2D eigenvalue weighted by molar-refractivity contribution is 7.92. The van der Waals surface area contributed by atoms with Crippen molar-refractivity contribution in [3.8, 4) is 33.9 Å². The van der Waals surface area contributed by atoms with E-state index in [-0.39, 0.29) is 4.90 Å². The Hall–Kier alpha value is -4.95. The summed E-state index contributed by atoms with van der Waals surface area (Å²) in [6.07, 6.45) is 0. The van der Waals surface area contributed by atoms with E-state index in [9.17, 15) is 8.42 Å². The topological polar surface area (TPSA) is 81.8 Å². The SMILES string of the molecule is Cc1cc(NS(=O)(=O)c2ccc(-c3cc(-c4ccccc4)n(-c4ccccc4)n3)cc2)n(-c2ccccc2)n1. The Morgan fingerprint density at radius 3 is 1.79 bits per heavy atom. The van der Waals surface area contributed by atoms with Gasteiger partial charge in [-0.15, -0.1) is 0 Å². The van der Waals surface area contributed by atoms with Crippen molar-refractivity contribution in [3.05, 3.63) is 133 Å². The molecular formula is C31H25N5O2S. The maximum Gasteiger partial charge on any atom is 0.263 e. The van der Waals surface area contributed by atoms with Crippen molar-refractivity contribution in [1.82, 2.24) is 19.6 Å².